The van der Waals surface area contributed by atoms with Gasteiger partial charge in [0.1, 0.15) is 11.5 Å². The Hall–Kier alpha value is -3.77. The molecule has 0 unspecified atom stereocenters. The van der Waals surface area contributed by atoms with Gasteiger partial charge >= 0.3 is 0 Å². The summed E-state index contributed by atoms with van der Waals surface area (Å²) in [6.07, 6.45) is 0.740. The van der Waals surface area contributed by atoms with Crippen LogP contribution >= 0.6 is 11.3 Å². The van der Waals surface area contributed by atoms with Crippen LogP contribution in [0, 0.1) is 0 Å². The molecule has 1 aliphatic heterocycles. The van der Waals surface area contributed by atoms with Crippen molar-refractivity contribution in [1.82, 2.24) is 4.90 Å². The van der Waals surface area contributed by atoms with Crippen LogP contribution in [0.15, 0.2) is 84.2 Å². The Labute approximate surface area is 203 Å². The molecule has 0 radical (unpaired) electrons. The van der Waals surface area contributed by atoms with Crippen LogP contribution in [0.3, 0.4) is 0 Å². The van der Waals surface area contributed by atoms with E-state index >= 15 is 0 Å². The molecule has 34 heavy (non-hydrogen) atoms. The SMILES string of the molecule is COc1cc2c(cc1OC)[C@@H](c1cccs1)N(C(=O)c1cccc(Oc3ccccc3)c1)CC2. The van der Waals surface area contributed by atoms with Crippen molar-refractivity contribution in [1.29, 1.82) is 0 Å². The maximum atomic E-state index is 13.8. The number of carbonyl (C=O) groups excluding carboxylic acids is 1. The first-order valence-electron chi connectivity index (χ1n) is 11.1. The normalized spacial score (nSPS) is 14.9. The number of thiophene rings is 1. The summed E-state index contributed by atoms with van der Waals surface area (Å²) in [5.41, 5.74) is 2.83. The molecule has 1 aromatic heterocycles. The fraction of sp³-hybridized carbons (Fsp3) is 0.179. The minimum Gasteiger partial charge on any atom is -0.493 e. The second kappa shape index (κ2) is 9.61. The van der Waals surface area contributed by atoms with E-state index in [0.29, 0.717) is 29.4 Å². The van der Waals surface area contributed by atoms with Gasteiger partial charge in [0.2, 0.25) is 0 Å². The number of amides is 1. The van der Waals surface area contributed by atoms with Gasteiger partial charge in [-0.3, -0.25) is 4.79 Å². The van der Waals surface area contributed by atoms with Gasteiger partial charge in [-0.05, 0) is 71.5 Å². The Morgan fingerprint density at radius 1 is 0.882 bits per heavy atom. The van der Waals surface area contributed by atoms with Crippen LogP contribution in [-0.2, 0) is 6.42 Å². The van der Waals surface area contributed by atoms with Crippen molar-refractivity contribution < 1.29 is 19.0 Å². The van der Waals surface area contributed by atoms with Crippen LogP contribution in [0.1, 0.15) is 32.4 Å². The van der Waals surface area contributed by atoms with Crippen LogP contribution in [0.2, 0.25) is 0 Å². The average molecular weight is 472 g/mol. The molecule has 0 saturated heterocycles. The molecule has 0 bridgehead atoms. The molecule has 0 spiro atoms. The number of methoxy groups -OCH3 is 2. The number of hydrogen-bond acceptors (Lipinski definition) is 5. The summed E-state index contributed by atoms with van der Waals surface area (Å²) in [4.78, 5) is 16.9. The number of nitrogens with zero attached hydrogens (tertiary/aromatic N) is 1. The molecular weight excluding hydrogens is 446 g/mol. The third-order valence-electron chi connectivity index (χ3n) is 6.01. The third kappa shape index (κ3) is 4.24. The highest BCUT2D eigenvalue weighted by atomic mass is 32.1. The highest BCUT2D eigenvalue weighted by molar-refractivity contribution is 7.10. The van der Waals surface area contributed by atoms with E-state index in [1.165, 1.54) is 5.56 Å². The zero-order valence-corrected chi connectivity index (χ0v) is 19.9. The van der Waals surface area contributed by atoms with Crippen LogP contribution in [0.4, 0.5) is 0 Å². The molecule has 0 N–H and O–H groups in total. The van der Waals surface area contributed by atoms with Crippen molar-refractivity contribution in [2.45, 2.75) is 12.5 Å². The summed E-state index contributed by atoms with van der Waals surface area (Å²) >= 11 is 1.65. The van der Waals surface area contributed by atoms with Crippen molar-refractivity contribution in [2.75, 3.05) is 20.8 Å². The molecular formula is C28H25NO4S. The molecule has 6 heteroatoms. The second-order valence-corrected chi connectivity index (χ2v) is 8.99. The van der Waals surface area contributed by atoms with Crippen LogP contribution in [0.25, 0.3) is 0 Å². The quantitative estimate of drug-likeness (QED) is 0.329. The number of carbonyl (C=O) groups is 1. The summed E-state index contributed by atoms with van der Waals surface area (Å²) in [7, 11) is 3.28. The highest BCUT2D eigenvalue weighted by Crippen LogP contribution is 2.42. The van der Waals surface area contributed by atoms with Crippen molar-refractivity contribution in [3.05, 3.63) is 106 Å². The summed E-state index contributed by atoms with van der Waals surface area (Å²) in [5.74, 6) is 2.70. The third-order valence-corrected chi connectivity index (χ3v) is 6.93. The van der Waals surface area contributed by atoms with E-state index in [4.69, 9.17) is 14.2 Å². The molecule has 5 rings (SSSR count). The average Bonchev–Trinajstić information content (AvgIpc) is 3.42. The van der Waals surface area contributed by atoms with Crippen LogP contribution in [-0.4, -0.2) is 31.6 Å². The van der Waals surface area contributed by atoms with Gasteiger partial charge in [-0.25, -0.2) is 0 Å². The first-order chi connectivity index (χ1) is 16.7. The number of para-hydroxylation sites is 1. The standard InChI is InChI=1S/C28H25NO4S/c1-31-24-17-19-13-14-29(27(26-12-7-15-34-26)23(19)18-25(24)32-2)28(30)20-8-6-11-22(16-20)33-21-9-4-3-5-10-21/h3-12,15-18,27H,13-14H2,1-2H3/t27-/m0/s1. The molecule has 0 saturated carbocycles. The van der Waals surface area contributed by atoms with Crippen LogP contribution in [0.5, 0.6) is 23.0 Å². The van der Waals surface area contributed by atoms with Gasteiger partial charge in [-0.2, -0.15) is 0 Å². The Bertz CT molecular complexity index is 1290. The van der Waals surface area contributed by atoms with E-state index in [0.717, 1.165) is 22.6 Å². The molecule has 172 valence electrons. The Morgan fingerprint density at radius 2 is 1.65 bits per heavy atom. The van der Waals surface area contributed by atoms with Gasteiger partial charge in [-0.1, -0.05) is 30.3 Å². The molecule has 2 heterocycles. The fourth-order valence-corrected chi connectivity index (χ4v) is 5.26. The van der Waals surface area contributed by atoms with Gasteiger partial charge < -0.3 is 19.1 Å². The van der Waals surface area contributed by atoms with E-state index in [2.05, 4.69) is 6.07 Å². The maximum absolute atomic E-state index is 13.8. The zero-order chi connectivity index (χ0) is 23.5. The topological polar surface area (TPSA) is 48.0 Å². The molecule has 1 aliphatic rings. The van der Waals surface area contributed by atoms with Gasteiger partial charge in [0.25, 0.3) is 5.91 Å². The Morgan fingerprint density at radius 3 is 2.38 bits per heavy atom. The maximum Gasteiger partial charge on any atom is 0.254 e. The summed E-state index contributed by atoms with van der Waals surface area (Å²) in [6.45, 7) is 0.605. The molecule has 5 nitrogen and oxygen atoms in total. The number of fused-ring (bicyclic) bond motifs is 1. The van der Waals surface area contributed by atoms with Gasteiger partial charge in [0.15, 0.2) is 11.5 Å². The summed E-state index contributed by atoms with van der Waals surface area (Å²) < 4.78 is 17.1. The molecule has 3 aromatic carbocycles. The van der Waals surface area contributed by atoms with Crippen molar-refractivity contribution in [3.8, 4) is 23.0 Å². The molecule has 1 amide bonds. The fourth-order valence-electron chi connectivity index (χ4n) is 4.40. The summed E-state index contributed by atoms with van der Waals surface area (Å²) in [5, 5.41) is 2.04. The minimum absolute atomic E-state index is 0.0302. The van der Waals surface area contributed by atoms with Crippen molar-refractivity contribution >= 4 is 17.2 Å². The number of hydrogen-bond donors (Lipinski definition) is 0. The highest BCUT2D eigenvalue weighted by Gasteiger charge is 2.34. The van der Waals surface area contributed by atoms with Crippen LogP contribution < -0.4 is 14.2 Å². The smallest absolute Gasteiger partial charge is 0.254 e. The molecule has 0 aliphatic carbocycles. The minimum atomic E-state index is -0.199. The van der Waals surface area contributed by atoms with Gasteiger partial charge in [0, 0.05) is 17.0 Å². The predicted octanol–water partition coefficient (Wildman–Crippen LogP) is 6.35. The molecule has 1 atom stereocenters. The predicted molar refractivity (Wildman–Crippen MR) is 133 cm³/mol. The summed E-state index contributed by atoms with van der Waals surface area (Å²) in [6, 6.07) is 24.9. The lowest BCUT2D eigenvalue weighted by atomic mass is 9.90. The lowest BCUT2D eigenvalue weighted by Gasteiger charge is -2.37. The monoisotopic (exact) mass is 471 g/mol. The van der Waals surface area contributed by atoms with E-state index in [1.54, 1.807) is 25.6 Å². The first-order valence-corrected chi connectivity index (χ1v) is 12.0. The lowest BCUT2D eigenvalue weighted by molar-refractivity contribution is 0.0696. The van der Waals surface area contributed by atoms with Crippen molar-refractivity contribution in [2.24, 2.45) is 0 Å². The van der Waals surface area contributed by atoms with E-state index in [-0.39, 0.29) is 11.9 Å². The molecule has 0 fully saturated rings. The number of rotatable bonds is 6. The first kappa shape index (κ1) is 22.0. The van der Waals surface area contributed by atoms with Gasteiger partial charge in [0.05, 0.1) is 20.3 Å². The van der Waals surface area contributed by atoms with Crippen molar-refractivity contribution in [3.63, 3.8) is 0 Å². The largest absolute Gasteiger partial charge is 0.493 e. The van der Waals surface area contributed by atoms with E-state index in [9.17, 15) is 4.79 Å². The Kier molecular flexibility index (Phi) is 6.23. The zero-order valence-electron chi connectivity index (χ0n) is 19.1. The number of ether oxygens (including phenoxy) is 3. The van der Waals surface area contributed by atoms with E-state index < -0.39 is 0 Å². The Balaban J connectivity index is 1.51. The molecule has 4 aromatic rings. The van der Waals surface area contributed by atoms with Gasteiger partial charge in [-0.15, -0.1) is 11.3 Å². The second-order valence-electron chi connectivity index (χ2n) is 8.02. The lowest BCUT2D eigenvalue weighted by Crippen LogP contribution is -2.40. The number of benzene rings is 3. The van der Waals surface area contributed by atoms with E-state index in [1.807, 2.05) is 83.1 Å².